The van der Waals surface area contributed by atoms with Crippen LogP contribution in [0.2, 0.25) is 0 Å². The number of halogens is 4. The van der Waals surface area contributed by atoms with Crippen LogP contribution in [0.4, 0.5) is 18.0 Å². The first-order valence-electron chi connectivity index (χ1n) is 11.9. The normalized spacial score (nSPS) is 11.3. The zero-order valence-corrected chi connectivity index (χ0v) is 22.7. The number of benzene rings is 2. The van der Waals surface area contributed by atoms with Gasteiger partial charge in [0, 0.05) is 12.5 Å². The first-order chi connectivity index (χ1) is 18.1. The quantitative estimate of drug-likeness (QED) is 0.0500. The Bertz CT molecular complexity index is 1050. The molecule has 0 N–H and O–H groups in total. The SMILES string of the molecule is O=C(I)OCCCCCCOC(=O)/C=C/c1ccc(OC(=O)c2ccc(OCCCC(F)(F)F)cc2)cc1. The molecule has 0 amide bonds. The van der Waals surface area contributed by atoms with E-state index >= 15 is 0 Å². The number of carbonyl (C=O) groups excluding carboxylic acids is 3. The Morgan fingerprint density at radius 1 is 0.763 bits per heavy atom. The summed E-state index contributed by atoms with van der Waals surface area (Å²) in [6, 6.07) is 12.4. The second kappa shape index (κ2) is 16.7. The van der Waals surface area contributed by atoms with Crippen molar-refractivity contribution in [2.24, 2.45) is 0 Å². The molecule has 7 nitrogen and oxygen atoms in total. The van der Waals surface area contributed by atoms with E-state index in [1.165, 1.54) is 30.3 Å². The van der Waals surface area contributed by atoms with Crippen LogP contribution in [0, 0.1) is 0 Å². The molecule has 0 unspecified atom stereocenters. The molecular formula is C27H28F3IO7. The summed E-state index contributed by atoms with van der Waals surface area (Å²) in [6.07, 6.45) is 0.836. The summed E-state index contributed by atoms with van der Waals surface area (Å²) in [4.78, 5) is 34.8. The summed E-state index contributed by atoms with van der Waals surface area (Å²) in [6.45, 7) is 0.612. The zero-order chi connectivity index (χ0) is 27.8. The van der Waals surface area contributed by atoms with Gasteiger partial charge < -0.3 is 18.9 Å². The molecule has 0 bridgehead atoms. The van der Waals surface area contributed by atoms with Gasteiger partial charge in [0.1, 0.15) is 11.5 Å². The molecule has 38 heavy (non-hydrogen) atoms. The molecule has 2 aromatic rings. The summed E-state index contributed by atoms with van der Waals surface area (Å²) >= 11 is 1.58. The predicted octanol–water partition coefficient (Wildman–Crippen LogP) is 7.32. The van der Waals surface area contributed by atoms with Crippen LogP contribution in [0.15, 0.2) is 54.6 Å². The second-order valence-corrected chi connectivity index (χ2v) is 8.93. The van der Waals surface area contributed by atoms with E-state index < -0.39 is 24.5 Å². The lowest BCUT2D eigenvalue weighted by atomic mass is 10.2. The molecule has 0 saturated heterocycles. The van der Waals surface area contributed by atoms with E-state index in [-0.39, 0.29) is 22.6 Å². The molecule has 0 aromatic heterocycles. The average molecular weight is 648 g/mol. The topological polar surface area (TPSA) is 88.1 Å². The largest absolute Gasteiger partial charge is 0.494 e. The van der Waals surface area contributed by atoms with Gasteiger partial charge in [0.2, 0.25) is 0 Å². The second-order valence-electron chi connectivity index (χ2n) is 8.05. The highest BCUT2D eigenvalue weighted by molar-refractivity contribution is 14.1. The first kappa shape index (κ1) is 31.1. The van der Waals surface area contributed by atoms with Crippen molar-refractivity contribution in [2.75, 3.05) is 19.8 Å². The van der Waals surface area contributed by atoms with Gasteiger partial charge in [-0.15, -0.1) is 0 Å². The van der Waals surface area contributed by atoms with Crippen molar-refractivity contribution in [1.29, 1.82) is 0 Å². The van der Waals surface area contributed by atoms with E-state index in [1.54, 1.807) is 52.9 Å². The Morgan fingerprint density at radius 3 is 1.97 bits per heavy atom. The summed E-state index contributed by atoms with van der Waals surface area (Å²) in [5.41, 5.74) is 0.960. The van der Waals surface area contributed by atoms with Crippen molar-refractivity contribution < 1.29 is 46.5 Å². The van der Waals surface area contributed by atoms with Crippen molar-refractivity contribution >= 4 is 44.6 Å². The highest BCUT2D eigenvalue weighted by atomic mass is 127. The third-order valence-electron chi connectivity index (χ3n) is 4.96. The highest BCUT2D eigenvalue weighted by Gasteiger charge is 2.26. The molecule has 206 valence electrons. The smallest absolute Gasteiger partial charge is 0.389 e. The third-order valence-corrected chi connectivity index (χ3v) is 5.28. The van der Waals surface area contributed by atoms with Crippen molar-refractivity contribution in [1.82, 2.24) is 0 Å². The van der Waals surface area contributed by atoms with E-state index in [0.717, 1.165) is 25.7 Å². The molecule has 0 heterocycles. The van der Waals surface area contributed by atoms with Crippen LogP contribution < -0.4 is 9.47 Å². The first-order valence-corrected chi connectivity index (χ1v) is 13.0. The van der Waals surface area contributed by atoms with Gasteiger partial charge in [-0.3, -0.25) is 0 Å². The Labute approximate surface area is 232 Å². The number of hydrogen-bond acceptors (Lipinski definition) is 7. The summed E-state index contributed by atoms with van der Waals surface area (Å²) in [5.74, 6) is -0.413. The van der Waals surface area contributed by atoms with Gasteiger partial charge in [0.15, 0.2) is 0 Å². The molecule has 0 atom stereocenters. The Morgan fingerprint density at radius 2 is 1.37 bits per heavy atom. The minimum absolute atomic E-state index is 0.0815. The number of ether oxygens (including phenoxy) is 4. The molecule has 0 aliphatic carbocycles. The Kier molecular flexibility index (Phi) is 13.7. The van der Waals surface area contributed by atoms with Crippen LogP contribution in [0.5, 0.6) is 11.5 Å². The maximum atomic E-state index is 12.3. The molecule has 0 saturated carbocycles. The maximum absolute atomic E-state index is 12.3. The van der Waals surface area contributed by atoms with E-state index in [4.69, 9.17) is 18.9 Å². The number of esters is 2. The van der Waals surface area contributed by atoms with Gasteiger partial charge >= 0.3 is 22.1 Å². The molecule has 2 rings (SSSR count). The minimum Gasteiger partial charge on any atom is -0.494 e. The van der Waals surface area contributed by atoms with Crippen LogP contribution in [0.25, 0.3) is 6.08 Å². The van der Waals surface area contributed by atoms with Crippen LogP contribution in [0.1, 0.15) is 54.4 Å². The lowest BCUT2D eigenvalue weighted by molar-refractivity contribution is -0.138. The van der Waals surface area contributed by atoms with Gasteiger partial charge in [-0.2, -0.15) is 13.2 Å². The fourth-order valence-electron chi connectivity index (χ4n) is 3.06. The number of alkyl halides is 3. The van der Waals surface area contributed by atoms with Gasteiger partial charge in [-0.25, -0.2) is 14.4 Å². The molecule has 11 heteroatoms. The fourth-order valence-corrected chi connectivity index (χ4v) is 3.28. The highest BCUT2D eigenvalue weighted by Crippen LogP contribution is 2.22. The van der Waals surface area contributed by atoms with Gasteiger partial charge in [-0.05, 0) is 80.1 Å². The van der Waals surface area contributed by atoms with E-state index in [1.807, 2.05) is 0 Å². The van der Waals surface area contributed by atoms with E-state index in [2.05, 4.69) is 0 Å². The van der Waals surface area contributed by atoms with Crippen LogP contribution in [-0.4, -0.2) is 41.9 Å². The van der Waals surface area contributed by atoms with Gasteiger partial charge in [-0.1, -0.05) is 12.1 Å². The fraction of sp³-hybridized carbons (Fsp3) is 0.370. The van der Waals surface area contributed by atoms with Crippen LogP contribution in [0.3, 0.4) is 0 Å². The maximum Gasteiger partial charge on any atom is 0.389 e. The van der Waals surface area contributed by atoms with E-state index in [0.29, 0.717) is 30.3 Å². The van der Waals surface area contributed by atoms with Crippen molar-refractivity contribution in [3.05, 3.63) is 65.7 Å². The predicted molar refractivity (Wildman–Crippen MR) is 142 cm³/mol. The third kappa shape index (κ3) is 14.0. The summed E-state index contributed by atoms with van der Waals surface area (Å²) in [5, 5.41) is 0. The standard InChI is InChI=1S/C27H28F3IO7/c28-27(29,30)16-5-19-35-22-13-9-21(10-14-22)25(33)38-23-11-6-20(7-12-23)8-15-24(32)36-17-3-1-2-4-18-37-26(31)34/h6-15H,1-5,16-19H2/b15-8+. The van der Waals surface area contributed by atoms with Crippen LogP contribution in [-0.2, 0) is 14.3 Å². The number of carbonyl (C=O) groups is 3. The number of hydrogen-bond donors (Lipinski definition) is 0. The molecule has 0 aliphatic rings. The molecule has 0 aliphatic heterocycles. The van der Waals surface area contributed by atoms with Gasteiger partial charge in [0.25, 0.3) is 0 Å². The number of unbranched alkanes of at least 4 members (excludes halogenated alkanes) is 3. The molecule has 0 radical (unpaired) electrons. The van der Waals surface area contributed by atoms with Crippen molar-refractivity contribution in [3.8, 4) is 11.5 Å². The molecular weight excluding hydrogens is 620 g/mol. The van der Waals surface area contributed by atoms with Crippen LogP contribution >= 0.6 is 22.6 Å². The lowest BCUT2D eigenvalue weighted by Crippen LogP contribution is -2.10. The van der Waals surface area contributed by atoms with Crippen molar-refractivity contribution in [2.45, 2.75) is 44.7 Å². The number of rotatable bonds is 15. The molecule has 0 fully saturated rings. The van der Waals surface area contributed by atoms with E-state index in [9.17, 15) is 27.6 Å². The Hall–Kier alpha value is -3.09. The summed E-state index contributed by atoms with van der Waals surface area (Å²) < 4.78 is 56.7. The Balaban J connectivity index is 1.68. The zero-order valence-electron chi connectivity index (χ0n) is 20.5. The molecule has 2 aromatic carbocycles. The minimum atomic E-state index is -4.22. The average Bonchev–Trinajstić information content (AvgIpc) is 2.87. The lowest BCUT2D eigenvalue weighted by Gasteiger charge is -2.09. The molecule has 0 spiro atoms. The van der Waals surface area contributed by atoms with Crippen molar-refractivity contribution in [3.63, 3.8) is 0 Å². The van der Waals surface area contributed by atoms with Gasteiger partial charge in [0.05, 0.1) is 48.0 Å². The monoisotopic (exact) mass is 648 g/mol. The summed E-state index contributed by atoms with van der Waals surface area (Å²) in [7, 11) is 0.